The molecule has 3 heterocycles. The first kappa shape index (κ1) is 18.9. The van der Waals surface area contributed by atoms with Gasteiger partial charge in [0.2, 0.25) is 5.88 Å². The van der Waals surface area contributed by atoms with Gasteiger partial charge in [0.25, 0.3) is 11.5 Å². The fraction of sp³-hybridized carbons (Fsp3) is 0.286. The van der Waals surface area contributed by atoms with Gasteiger partial charge in [-0.3, -0.25) is 14.3 Å². The predicted octanol–water partition coefficient (Wildman–Crippen LogP) is 2.30. The number of aromatic nitrogens is 3. The van der Waals surface area contributed by atoms with Crippen LogP contribution >= 0.6 is 0 Å². The van der Waals surface area contributed by atoms with E-state index in [1.807, 2.05) is 30.3 Å². The summed E-state index contributed by atoms with van der Waals surface area (Å²) in [5.41, 5.74) is 1.69. The van der Waals surface area contributed by atoms with Crippen LogP contribution in [-0.4, -0.2) is 39.6 Å². The molecule has 3 aromatic rings. The zero-order valence-electron chi connectivity index (χ0n) is 16.3. The quantitative estimate of drug-likeness (QED) is 0.718. The number of carbonyl (C=O) groups excluding carboxylic acids is 1. The molecule has 0 spiro atoms. The van der Waals surface area contributed by atoms with Gasteiger partial charge in [-0.2, -0.15) is 0 Å². The van der Waals surface area contributed by atoms with Crippen molar-refractivity contribution in [2.75, 3.05) is 18.5 Å². The summed E-state index contributed by atoms with van der Waals surface area (Å²) in [6, 6.07) is 12.4. The van der Waals surface area contributed by atoms with Crippen LogP contribution in [0.2, 0.25) is 0 Å². The molecule has 1 amide bonds. The van der Waals surface area contributed by atoms with Gasteiger partial charge in [-0.25, -0.2) is 9.67 Å². The third kappa shape index (κ3) is 3.79. The number of nitrogens with zero attached hydrogens (tertiary/aromatic N) is 3. The summed E-state index contributed by atoms with van der Waals surface area (Å²) in [4.78, 5) is 29.9. The minimum Gasteiger partial charge on any atom is -0.472 e. The molecule has 29 heavy (non-hydrogen) atoms. The molecule has 1 N–H and O–H groups in total. The molecular weight excluding hydrogens is 372 g/mol. The minimum absolute atomic E-state index is 0.0599. The van der Waals surface area contributed by atoms with E-state index < -0.39 is 5.91 Å². The maximum atomic E-state index is 13.0. The first-order chi connectivity index (χ1) is 14.0. The van der Waals surface area contributed by atoms with Gasteiger partial charge in [0.05, 0.1) is 24.6 Å². The summed E-state index contributed by atoms with van der Waals surface area (Å²) in [5, 5.41) is 2.75. The van der Waals surface area contributed by atoms with E-state index in [0.717, 1.165) is 12.1 Å². The fourth-order valence-corrected chi connectivity index (χ4v) is 3.29. The fourth-order valence-electron chi connectivity index (χ4n) is 3.29. The number of ether oxygens (including phenoxy) is 2. The van der Waals surface area contributed by atoms with Crippen LogP contribution in [0.15, 0.2) is 53.5 Å². The summed E-state index contributed by atoms with van der Waals surface area (Å²) in [5.74, 6) is -0.0365. The molecule has 8 heteroatoms. The molecular formula is C21H22N4O4. The lowest BCUT2D eigenvalue weighted by molar-refractivity contribution is 0.102. The predicted molar refractivity (Wildman–Crippen MR) is 108 cm³/mol. The Morgan fingerprint density at radius 3 is 2.79 bits per heavy atom. The Kier molecular flexibility index (Phi) is 5.18. The normalized spacial score (nSPS) is 16.0. The molecule has 150 valence electrons. The van der Waals surface area contributed by atoms with Gasteiger partial charge in [0, 0.05) is 31.3 Å². The molecule has 1 aliphatic heterocycles. The van der Waals surface area contributed by atoms with E-state index >= 15 is 0 Å². The summed E-state index contributed by atoms with van der Waals surface area (Å²) in [6.45, 7) is 2.96. The van der Waals surface area contributed by atoms with Crippen LogP contribution in [0.1, 0.15) is 22.5 Å². The van der Waals surface area contributed by atoms with Crippen LogP contribution in [0.25, 0.3) is 5.69 Å². The number of hydrogen-bond donors (Lipinski definition) is 1. The average molecular weight is 394 g/mol. The third-order valence-electron chi connectivity index (χ3n) is 4.97. The topological polar surface area (TPSA) is 87.4 Å². The monoisotopic (exact) mass is 394 g/mol. The summed E-state index contributed by atoms with van der Waals surface area (Å²) >= 11 is 0. The van der Waals surface area contributed by atoms with Crippen LogP contribution in [0.5, 0.6) is 5.88 Å². The minimum atomic E-state index is -0.397. The Morgan fingerprint density at radius 1 is 1.28 bits per heavy atom. The van der Waals surface area contributed by atoms with Crippen LogP contribution in [-0.2, 0) is 11.8 Å². The van der Waals surface area contributed by atoms with E-state index in [2.05, 4.69) is 10.3 Å². The number of carbonyl (C=O) groups is 1. The number of anilines is 1. The van der Waals surface area contributed by atoms with Crippen molar-refractivity contribution in [2.24, 2.45) is 7.05 Å². The zero-order valence-corrected chi connectivity index (χ0v) is 16.3. The Balaban J connectivity index is 1.58. The molecule has 0 radical (unpaired) electrons. The van der Waals surface area contributed by atoms with Crippen LogP contribution in [0, 0.1) is 6.92 Å². The van der Waals surface area contributed by atoms with E-state index in [-0.39, 0.29) is 17.4 Å². The first-order valence-electron chi connectivity index (χ1n) is 9.40. The number of para-hydroxylation sites is 1. The SMILES string of the molecule is Cc1c(NC(=O)c2ccnc(O[C@@H]3CCOC3)c2)c(=O)n(-c2ccccc2)n1C. The van der Waals surface area contributed by atoms with Crippen molar-refractivity contribution in [2.45, 2.75) is 19.4 Å². The maximum Gasteiger partial charge on any atom is 0.295 e. The van der Waals surface area contributed by atoms with E-state index in [0.29, 0.717) is 30.4 Å². The van der Waals surface area contributed by atoms with Gasteiger partial charge in [0.15, 0.2) is 0 Å². The third-order valence-corrected chi connectivity index (χ3v) is 4.97. The molecule has 4 rings (SSSR count). The van der Waals surface area contributed by atoms with E-state index in [1.165, 1.54) is 10.9 Å². The number of rotatable bonds is 5. The van der Waals surface area contributed by atoms with Gasteiger partial charge in [-0.1, -0.05) is 18.2 Å². The van der Waals surface area contributed by atoms with Gasteiger partial charge in [0.1, 0.15) is 11.8 Å². The van der Waals surface area contributed by atoms with Crippen LogP contribution in [0.4, 0.5) is 5.69 Å². The number of benzene rings is 1. The number of nitrogens with one attached hydrogen (secondary N) is 1. The van der Waals surface area contributed by atoms with Crippen LogP contribution < -0.4 is 15.6 Å². The molecule has 1 aliphatic rings. The van der Waals surface area contributed by atoms with Gasteiger partial charge < -0.3 is 14.8 Å². The van der Waals surface area contributed by atoms with Gasteiger partial charge in [-0.05, 0) is 25.1 Å². The van der Waals surface area contributed by atoms with Crippen molar-refractivity contribution in [3.63, 3.8) is 0 Å². The molecule has 0 bridgehead atoms. The van der Waals surface area contributed by atoms with Gasteiger partial charge >= 0.3 is 0 Å². The summed E-state index contributed by atoms with van der Waals surface area (Å²) < 4.78 is 14.3. The van der Waals surface area contributed by atoms with E-state index in [1.54, 1.807) is 30.8 Å². The second kappa shape index (κ2) is 7.92. The van der Waals surface area contributed by atoms with Crippen molar-refractivity contribution in [1.82, 2.24) is 14.3 Å². The highest BCUT2D eigenvalue weighted by Gasteiger charge is 2.21. The van der Waals surface area contributed by atoms with E-state index in [9.17, 15) is 9.59 Å². The summed E-state index contributed by atoms with van der Waals surface area (Å²) in [7, 11) is 1.78. The molecule has 1 aromatic carbocycles. The zero-order chi connectivity index (χ0) is 20.4. The standard InChI is InChI=1S/C21H22N4O4/c1-14-19(21(27)25(24(14)2)16-6-4-3-5-7-16)23-20(26)15-8-10-22-18(12-15)29-17-9-11-28-13-17/h3-8,10,12,17H,9,11,13H2,1-2H3,(H,23,26)/t17-/m1/s1. The Morgan fingerprint density at radius 2 is 2.07 bits per heavy atom. The van der Waals surface area contributed by atoms with Crippen molar-refractivity contribution < 1.29 is 14.3 Å². The smallest absolute Gasteiger partial charge is 0.295 e. The van der Waals surface area contributed by atoms with Crippen molar-refractivity contribution >= 4 is 11.6 Å². The molecule has 2 aromatic heterocycles. The highest BCUT2D eigenvalue weighted by atomic mass is 16.5. The van der Waals surface area contributed by atoms with Crippen molar-refractivity contribution in [1.29, 1.82) is 0 Å². The highest BCUT2D eigenvalue weighted by molar-refractivity contribution is 6.04. The van der Waals surface area contributed by atoms with Crippen molar-refractivity contribution in [3.05, 3.63) is 70.3 Å². The molecule has 0 unspecified atom stereocenters. The molecule has 0 aliphatic carbocycles. The number of hydrogen-bond acceptors (Lipinski definition) is 5. The molecule has 0 saturated carbocycles. The lowest BCUT2D eigenvalue weighted by Gasteiger charge is -2.11. The molecule has 8 nitrogen and oxygen atoms in total. The maximum absolute atomic E-state index is 13.0. The largest absolute Gasteiger partial charge is 0.472 e. The summed E-state index contributed by atoms with van der Waals surface area (Å²) in [6.07, 6.45) is 2.25. The van der Waals surface area contributed by atoms with Crippen molar-refractivity contribution in [3.8, 4) is 11.6 Å². The second-order valence-electron chi connectivity index (χ2n) is 6.88. The Bertz CT molecular complexity index is 1080. The Hall–Kier alpha value is -3.39. The average Bonchev–Trinajstić information content (AvgIpc) is 3.31. The lowest BCUT2D eigenvalue weighted by atomic mass is 10.2. The number of pyridine rings is 1. The molecule has 1 atom stereocenters. The number of amides is 1. The highest BCUT2D eigenvalue weighted by Crippen LogP contribution is 2.18. The van der Waals surface area contributed by atoms with Gasteiger partial charge in [-0.15, -0.1) is 0 Å². The Labute approximate surface area is 167 Å². The molecule has 1 saturated heterocycles. The second-order valence-corrected chi connectivity index (χ2v) is 6.88. The van der Waals surface area contributed by atoms with E-state index in [4.69, 9.17) is 9.47 Å². The van der Waals surface area contributed by atoms with Crippen LogP contribution in [0.3, 0.4) is 0 Å². The lowest BCUT2D eigenvalue weighted by Crippen LogP contribution is -2.23. The molecule has 1 fully saturated rings. The first-order valence-corrected chi connectivity index (χ1v) is 9.40.